The van der Waals surface area contributed by atoms with Gasteiger partial charge >= 0.3 is 5.97 Å². The van der Waals surface area contributed by atoms with Gasteiger partial charge < -0.3 is 4.74 Å². The lowest BCUT2D eigenvalue weighted by Crippen LogP contribution is -2.26. The summed E-state index contributed by atoms with van der Waals surface area (Å²) in [5.74, 6) is 1.14. The van der Waals surface area contributed by atoms with Gasteiger partial charge in [0.25, 0.3) is 0 Å². The molecule has 0 atom stereocenters. The van der Waals surface area contributed by atoms with Crippen molar-refractivity contribution in [3.63, 3.8) is 0 Å². The molecule has 2 heteroatoms. The smallest absolute Gasteiger partial charge is 0.334 e. The summed E-state index contributed by atoms with van der Waals surface area (Å²) in [7, 11) is 0. The van der Waals surface area contributed by atoms with Crippen LogP contribution in [0.15, 0.2) is 11.1 Å². The van der Waals surface area contributed by atoms with Crippen molar-refractivity contribution in [2.75, 3.05) is 0 Å². The van der Waals surface area contributed by atoms with Crippen LogP contribution in [-0.4, -0.2) is 12.1 Å². The highest BCUT2D eigenvalue weighted by Gasteiger charge is 2.30. The van der Waals surface area contributed by atoms with Crippen molar-refractivity contribution >= 4 is 5.97 Å². The van der Waals surface area contributed by atoms with Crippen molar-refractivity contribution in [2.45, 2.75) is 193 Å². The molecule has 2 nitrogen and oxygen atoms in total. The Morgan fingerprint density at radius 1 is 0.486 bits per heavy atom. The van der Waals surface area contributed by atoms with Crippen LogP contribution in [0, 0.1) is 11.8 Å². The van der Waals surface area contributed by atoms with Gasteiger partial charge in [-0.3, -0.25) is 0 Å². The van der Waals surface area contributed by atoms with Gasteiger partial charge in [0.1, 0.15) is 6.10 Å². The van der Waals surface area contributed by atoms with Crippen molar-refractivity contribution in [3.05, 3.63) is 11.1 Å². The van der Waals surface area contributed by atoms with Crippen LogP contribution < -0.4 is 0 Å². The van der Waals surface area contributed by atoms with E-state index in [4.69, 9.17) is 4.74 Å². The van der Waals surface area contributed by atoms with E-state index in [1.54, 1.807) is 0 Å². The highest BCUT2D eigenvalue weighted by Crippen LogP contribution is 2.38. The molecule has 0 aromatic rings. The normalized spacial score (nSPS) is 25.0. The van der Waals surface area contributed by atoms with E-state index >= 15 is 0 Å². The fraction of sp³-hybridized carbons (Fsp3) is 0.914. The number of carbonyl (C=O) groups is 1. The molecule has 0 amide bonds. The van der Waals surface area contributed by atoms with Crippen LogP contribution in [0.3, 0.4) is 0 Å². The van der Waals surface area contributed by atoms with Crippen LogP contribution in [0.25, 0.3) is 0 Å². The molecule has 3 aliphatic carbocycles. The third-order valence-corrected chi connectivity index (χ3v) is 9.88. The fourth-order valence-corrected chi connectivity index (χ4v) is 7.62. The minimum Gasteiger partial charge on any atom is -0.459 e. The Morgan fingerprint density at radius 2 is 0.811 bits per heavy atom. The lowest BCUT2D eigenvalue weighted by atomic mass is 9.77. The molecule has 0 heterocycles. The van der Waals surface area contributed by atoms with Gasteiger partial charge in [0, 0.05) is 5.57 Å². The Morgan fingerprint density at radius 3 is 1.19 bits per heavy atom. The molecular formula is C35H62O2. The van der Waals surface area contributed by atoms with E-state index in [1.807, 2.05) is 0 Å². The number of rotatable bonds is 5. The Bertz CT molecular complexity index is 605. The topological polar surface area (TPSA) is 26.3 Å². The predicted molar refractivity (Wildman–Crippen MR) is 159 cm³/mol. The molecule has 0 radical (unpaired) electrons. The minimum absolute atomic E-state index is 0.109. The van der Waals surface area contributed by atoms with Crippen molar-refractivity contribution < 1.29 is 9.53 Å². The second-order valence-electron chi connectivity index (χ2n) is 12.9. The first-order chi connectivity index (χ1) is 18.3. The molecular weight excluding hydrogens is 452 g/mol. The number of ether oxygens (including phenoxy) is 1. The van der Waals surface area contributed by atoms with Gasteiger partial charge in [-0.2, -0.15) is 0 Å². The monoisotopic (exact) mass is 514 g/mol. The molecule has 214 valence electrons. The van der Waals surface area contributed by atoms with Crippen LogP contribution in [-0.2, 0) is 9.53 Å². The maximum Gasteiger partial charge on any atom is 0.334 e. The number of allylic oxidation sites excluding steroid dienone is 1. The molecule has 0 unspecified atom stereocenters. The van der Waals surface area contributed by atoms with E-state index in [-0.39, 0.29) is 12.1 Å². The van der Waals surface area contributed by atoms with Crippen molar-refractivity contribution in [1.29, 1.82) is 0 Å². The van der Waals surface area contributed by atoms with Crippen LogP contribution in [0.4, 0.5) is 0 Å². The second kappa shape index (κ2) is 19.3. The zero-order chi connectivity index (χ0) is 26.0. The summed E-state index contributed by atoms with van der Waals surface area (Å²) < 4.78 is 6.54. The first-order valence-electron chi connectivity index (χ1n) is 17.2. The molecule has 3 aliphatic rings. The van der Waals surface area contributed by atoms with Gasteiger partial charge in [0.2, 0.25) is 0 Å². The van der Waals surface area contributed by atoms with Crippen molar-refractivity contribution in [1.82, 2.24) is 0 Å². The summed E-state index contributed by atoms with van der Waals surface area (Å²) in [6, 6.07) is 0. The van der Waals surface area contributed by atoms with E-state index in [0.29, 0.717) is 11.8 Å². The Labute approximate surface area is 231 Å². The predicted octanol–water partition coefficient (Wildman–Crippen LogP) is 11.4. The summed E-state index contributed by atoms with van der Waals surface area (Å²) in [4.78, 5) is 14.3. The number of hydrogen-bond acceptors (Lipinski definition) is 2. The van der Waals surface area contributed by atoms with Crippen LogP contribution >= 0.6 is 0 Å². The van der Waals surface area contributed by atoms with E-state index in [1.165, 1.54) is 172 Å². The second-order valence-corrected chi connectivity index (χ2v) is 12.9. The van der Waals surface area contributed by atoms with Gasteiger partial charge in [-0.15, -0.1) is 0 Å². The van der Waals surface area contributed by atoms with Crippen molar-refractivity contribution in [3.8, 4) is 0 Å². The lowest BCUT2D eigenvalue weighted by Gasteiger charge is -2.30. The van der Waals surface area contributed by atoms with Gasteiger partial charge in [0.05, 0.1) is 0 Å². The summed E-state index contributed by atoms with van der Waals surface area (Å²) in [5.41, 5.74) is 2.70. The quantitative estimate of drug-likeness (QED) is 0.269. The van der Waals surface area contributed by atoms with Crippen molar-refractivity contribution in [2.24, 2.45) is 11.8 Å². The van der Waals surface area contributed by atoms with Crippen LogP contribution in [0.2, 0.25) is 0 Å². The molecule has 0 bridgehead atoms. The maximum absolute atomic E-state index is 14.3. The van der Waals surface area contributed by atoms with E-state index in [9.17, 15) is 4.79 Å². The molecule has 3 fully saturated rings. The Balaban J connectivity index is 1.85. The zero-order valence-corrected chi connectivity index (χ0v) is 24.8. The van der Waals surface area contributed by atoms with Gasteiger partial charge in [-0.05, 0) is 69.6 Å². The third-order valence-electron chi connectivity index (χ3n) is 9.88. The number of hydrogen-bond donors (Lipinski definition) is 0. The standard InChI is InChI=1S/C35H62O2/c1-2-33(30-24-18-12-6-3-7-13-19-25-30)34(31-26-20-14-8-4-9-15-21-27-31)35(36)37-32-28-22-16-10-5-11-17-23-29-32/h30-32H,2-29H2,1H3. The third kappa shape index (κ3) is 11.9. The molecule has 3 saturated carbocycles. The molecule has 0 spiro atoms. The minimum atomic E-state index is 0.109. The largest absolute Gasteiger partial charge is 0.459 e. The zero-order valence-electron chi connectivity index (χ0n) is 24.8. The Hall–Kier alpha value is -0.790. The van der Waals surface area contributed by atoms with E-state index in [2.05, 4.69) is 6.92 Å². The highest BCUT2D eigenvalue weighted by atomic mass is 16.5. The molecule has 0 saturated heterocycles. The Kier molecular flexibility index (Phi) is 16.0. The summed E-state index contributed by atoms with van der Waals surface area (Å²) in [5, 5.41) is 0. The molecule has 3 rings (SSSR count). The first-order valence-corrected chi connectivity index (χ1v) is 17.2. The van der Waals surface area contributed by atoms with E-state index < -0.39 is 0 Å². The summed E-state index contributed by atoms with van der Waals surface area (Å²) >= 11 is 0. The fourth-order valence-electron chi connectivity index (χ4n) is 7.62. The molecule has 37 heavy (non-hydrogen) atoms. The average molecular weight is 515 g/mol. The number of carbonyl (C=O) groups excluding carboxylic acids is 1. The average Bonchev–Trinajstić information content (AvgIpc) is 2.92. The number of esters is 1. The SMILES string of the molecule is CCC(=C(C(=O)OC1CCCCCCCCC1)C1CCCCCCCCC1)C1CCCCCCCCC1. The lowest BCUT2D eigenvalue weighted by molar-refractivity contribution is -0.146. The van der Waals surface area contributed by atoms with Crippen LogP contribution in [0.1, 0.15) is 187 Å². The van der Waals surface area contributed by atoms with Gasteiger partial charge in [-0.1, -0.05) is 134 Å². The van der Waals surface area contributed by atoms with Gasteiger partial charge in [0.15, 0.2) is 0 Å². The summed E-state index contributed by atoms with van der Waals surface area (Å²) in [6.45, 7) is 2.34. The first kappa shape index (κ1) is 30.7. The molecule has 0 aliphatic heterocycles. The summed E-state index contributed by atoms with van der Waals surface area (Å²) in [6.07, 6.45) is 36.5. The van der Waals surface area contributed by atoms with E-state index in [0.717, 1.165) is 19.3 Å². The van der Waals surface area contributed by atoms with Gasteiger partial charge in [-0.25, -0.2) is 4.79 Å². The van der Waals surface area contributed by atoms with Crippen LogP contribution in [0.5, 0.6) is 0 Å². The molecule has 0 aromatic carbocycles. The molecule has 0 aromatic heterocycles. The maximum atomic E-state index is 14.3. The highest BCUT2D eigenvalue weighted by molar-refractivity contribution is 5.90. The molecule has 0 N–H and O–H groups in total.